The van der Waals surface area contributed by atoms with E-state index in [9.17, 15) is 4.79 Å². The molecule has 0 aromatic heterocycles. The van der Waals surface area contributed by atoms with Gasteiger partial charge in [-0.1, -0.05) is 41.4 Å². The number of nitrogens with one attached hydrogen (secondary N) is 1. The number of carbonyl (C=O) groups is 1. The highest BCUT2D eigenvalue weighted by Gasteiger charge is 2.27. The molecule has 0 aliphatic carbocycles. The van der Waals surface area contributed by atoms with Gasteiger partial charge in [-0.2, -0.15) is 0 Å². The van der Waals surface area contributed by atoms with E-state index in [2.05, 4.69) is 22.3 Å². The van der Waals surface area contributed by atoms with Gasteiger partial charge in [-0.15, -0.1) is 0 Å². The van der Waals surface area contributed by atoms with Crippen LogP contribution in [0, 0.1) is 0 Å². The molecule has 1 N–H and O–H groups in total. The van der Waals surface area contributed by atoms with E-state index in [4.69, 9.17) is 27.9 Å². The standard InChI is InChI=1S/C19H20Cl2N2O2/c1-25-14-9-7-13(8-10-14)17-6-3-11-23(17)12-18(24)22-16-5-2-4-15(20)19(16)21/h2,4-5,7-10,17H,3,6,11-12H2,1H3,(H,22,24). The van der Waals surface area contributed by atoms with Crippen LogP contribution in [0.2, 0.25) is 10.0 Å². The quantitative estimate of drug-likeness (QED) is 0.813. The van der Waals surface area contributed by atoms with Crippen LogP contribution >= 0.6 is 23.2 Å². The molecule has 6 heteroatoms. The normalized spacial score (nSPS) is 17.5. The summed E-state index contributed by atoms with van der Waals surface area (Å²) in [6, 6.07) is 13.5. The van der Waals surface area contributed by atoms with Crippen molar-refractivity contribution in [3.8, 4) is 5.75 Å². The van der Waals surface area contributed by atoms with Crippen molar-refractivity contribution in [2.24, 2.45) is 0 Å². The van der Waals surface area contributed by atoms with Crippen LogP contribution in [0.25, 0.3) is 0 Å². The minimum absolute atomic E-state index is 0.0930. The van der Waals surface area contributed by atoms with Gasteiger partial charge in [-0.05, 0) is 49.2 Å². The monoisotopic (exact) mass is 378 g/mol. The van der Waals surface area contributed by atoms with E-state index in [-0.39, 0.29) is 11.9 Å². The number of likely N-dealkylation sites (tertiary alicyclic amines) is 1. The average Bonchev–Trinajstić information content (AvgIpc) is 3.07. The summed E-state index contributed by atoms with van der Waals surface area (Å²) in [4.78, 5) is 14.6. The van der Waals surface area contributed by atoms with Crippen molar-refractivity contribution in [3.63, 3.8) is 0 Å². The molecule has 25 heavy (non-hydrogen) atoms. The Balaban J connectivity index is 1.66. The molecule has 1 atom stereocenters. The maximum atomic E-state index is 12.4. The zero-order valence-electron chi connectivity index (χ0n) is 14.0. The predicted octanol–water partition coefficient (Wildman–Crippen LogP) is 4.78. The van der Waals surface area contributed by atoms with Gasteiger partial charge in [-0.25, -0.2) is 0 Å². The van der Waals surface area contributed by atoms with E-state index >= 15 is 0 Å². The van der Waals surface area contributed by atoms with Crippen molar-refractivity contribution in [1.82, 2.24) is 4.90 Å². The molecule has 1 saturated heterocycles. The minimum atomic E-state index is -0.0930. The second-order valence-electron chi connectivity index (χ2n) is 6.05. The van der Waals surface area contributed by atoms with Gasteiger partial charge < -0.3 is 10.1 Å². The predicted molar refractivity (Wildman–Crippen MR) is 102 cm³/mol. The summed E-state index contributed by atoms with van der Waals surface area (Å²) in [5.74, 6) is 0.742. The maximum Gasteiger partial charge on any atom is 0.238 e. The largest absolute Gasteiger partial charge is 0.497 e. The minimum Gasteiger partial charge on any atom is -0.497 e. The lowest BCUT2D eigenvalue weighted by molar-refractivity contribution is -0.117. The van der Waals surface area contributed by atoms with E-state index in [0.717, 1.165) is 25.1 Å². The number of amides is 1. The zero-order valence-corrected chi connectivity index (χ0v) is 15.5. The molecule has 1 unspecified atom stereocenters. The highest BCUT2D eigenvalue weighted by molar-refractivity contribution is 6.44. The Morgan fingerprint density at radius 2 is 2.00 bits per heavy atom. The topological polar surface area (TPSA) is 41.6 Å². The van der Waals surface area contributed by atoms with Crippen LogP contribution in [0.1, 0.15) is 24.4 Å². The smallest absolute Gasteiger partial charge is 0.238 e. The highest BCUT2D eigenvalue weighted by Crippen LogP contribution is 2.33. The van der Waals surface area contributed by atoms with Crippen LogP contribution in [0.4, 0.5) is 5.69 Å². The van der Waals surface area contributed by atoms with E-state index in [1.54, 1.807) is 25.3 Å². The number of carbonyl (C=O) groups excluding carboxylic acids is 1. The van der Waals surface area contributed by atoms with E-state index < -0.39 is 0 Å². The second-order valence-corrected chi connectivity index (χ2v) is 6.84. The third-order valence-corrected chi connectivity index (χ3v) is 5.26. The summed E-state index contributed by atoms with van der Waals surface area (Å²) < 4.78 is 5.21. The molecule has 1 aliphatic heterocycles. The summed E-state index contributed by atoms with van der Waals surface area (Å²) in [6.07, 6.45) is 2.11. The Morgan fingerprint density at radius 3 is 2.72 bits per heavy atom. The van der Waals surface area contributed by atoms with Gasteiger partial charge in [0, 0.05) is 6.04 Å². The maximum absolute atomic E-state index is 12.4. The fourth-order valence-electron chi connectivity index (χ4n) is 3.19. The van der Waals surface area contributed by atoms with Crippen molar-refractivity contribution in [2.45, 2.75) is 18.9 Å². The lowest BCUT2D eigenvalue weighted by Gasteiger charge is -2.24. The molecule has 132 valence electrons. The fraction of sp³-hybridized carbons (Fsp3) is 0.316. The van der Waals surface area contributed by atoms with Gasteiger partial charge in [0.1, 0.15) is 5.75 Å². The van der Waals surface area contributed by atoms with E-state index in [1.807, 2.05) is 12.1 Å². The molecule has 1 heterocycles. The summed E-state index contributed by atoms with van der Waals surface area (Å²) in [5.41, 5.74) is 1.74. The van der Waals surface area contributed by atoms with Crippen molar-refractivity contribution in [1.29, 1.82) is 0 Å². The summed E-state index contributed by atoms with van der Waals surface area (Å²) in [5, 5.41) is 3.65. The molecule has 0 radical (unpaired) electrons. The summed E-state index contributed by atoms with van der Waals surface area (Å²) in [6.45, 7) is 1.22. The Labute approximate surface area is 157 Å². The lowest BCUT2D eigenvalue weighted by atomic mass is 10.0. The van der Waals surface area contributed by atoms with Gasteiger partial charge in [0.15, 0.2) is 0 Å². The molecule has 1 fully saturated rings. The van der Waals surface area contributed by atoms with Crippen molar-refractivity contribution < 1.29 is 9.53 Å². The summed E-state index contributed by atoms with van der Waals surface area (Å²) in [7, 11) is 1.65. The number of hydrogen-bond donors (Lipinski definition) is 1. The van der Waals surface area contributed by atoms with Crippen LogP contribution in [-0.4, -0.2) is 31.0 Å². The molecular weight excluding hydrogens is 359 g/mol. The average molecular weight is 379 g/mol. The van der Waals surface area contributed by atoms with Gasteiger partial charge in [0.25, 0.3) is 0 Å². The molecule has 0 saturated carbocycles. The van der Waals surface area contributed by atoms with Crippen LogP contribution in [0.15, 0.2) is 42.5 Å². The van der Waals surface area contributed by atoms with Crippen LogP contribution in [0.5, 0.6) is 5.75 Å². The number of halogens is 2. The molecule has 3 rings (SSSR count). The first kappa shape index (κ1) is 18.1. The van der Waals surface area contributed by atoms with Crippen LogP contribution in [0.3, 0.4) is 0 Å². The van der Waals surface area contributed by atoms with Gasteiger partial charge in [0.2, 0.25) is 5.91 Å². The van der Waals surface area contributed by atoms with Gasteiger partial charge in [-0.3, -0.25) is 9.69 Å². The van der Waals surface area contributed by atoms with Crippen molar-refractivity contribution in [3.05, 3.63) is 58.1 Å². The second kappa shape index (κ2) is 8.09. The number of benzene rings is 2. The number of nitrogens with zero attached hydrogens (tertiary/aromatic N) is 1. The first-order valence-corrected chi connectivity index (χ1v) is 8.96. The number of anilines is 1. The van der Waals surface area contributed by atoms with E-state index in [1.165, 1.54) is 5.56 Å². The number of rotatable bonds is 5. The molecule has 2 aromatic rings. The lowest BCUT2D eigenvalue weighted by Crippen LogP contribution is -2.33. The Morgan fingerprint density at radius 1 is 1.24 bits per heavy atom. The molecule has 0 spiro atoms. The van der Waals surface area contributed by atoms with Gasteiger partial charge >= 0.3 is 0 Å². The third-order valence-electron chi connectivity index (χ3n) is 4.44. The zero-order chi connectivity index (χ0) is 17.8. The van der Waals surface area contributed by atoms with E-state index in [0.29, 0.717) is 22.3 Å². The molecule has 2 aromatic carbocycles. The fourth-order valence-corrected chi connectivity index (χ4v) is 3.54. The van der Waals surface area contributed by atoms with Crippen LogP contribution < -0.4 is 10.1 Å². The molecular formula is C19H20Cl2N2O2. The third kappa shape index (κ3) is 4.27. The number of methoxy groups -OCH3 is 1. The first-order valence-electron chi connectivity index (χ1n) is 8.20. The van der Waals surface area contributed by atoms with Crippen LogP contribution in [-0.2, 0) is 4.79 Å². The highest BCUT2D eigenvalue weighted by atomic mass is 35.5. The molecule has 1 aliphatic rings. The Kier molecular flexibility index (Phi) is 5.84. The number of hydrogen-bond acceptors (Lipinski definition) is 3. The Hall–Kier alpha value is -1.75. The Bertz CT molecular complexity index is 750. The summed E-state index contributed by atoms with van der Waals surface area (Å²) >= 11 is 12.1. The number of ether oxygens (including phenoxy) is 1. The SMILES string of the molecule is COc1ccc(C2CCCN2CC(=O)Nc2cccc(Cl)c2Cl)cc1. The van der Waals surface area contributed by atoms with Crippen molar-refractivity contribution in [2.75, 3.05) is 25.5 Å². The van der Waals surface area contributed by atoms with Gasteiger partial charge in [0.05, 0.1) is 29.4 Å². The molecule has 1 amide bonds. The molecule has 0 bridgehead atoms. The van der Waals surface area contributed by atoms with Crippen molar-refractivity contribution >= 4 is 34.8 Å². The first-order chi connectivity index (χ1) is 12.1. The molecule has 4 nitrogen and oxygen atoms in total.